The molecule has 0 heterocycles. The Morgan fingerprint density at radius 3 is 2.31 bits per heavy atom. The van der Waals surface area contributed by atoms with Crippen molar-refractivity contribution < 1.29 is 4.79 Å². The standard InChI is InChI=1S/C9H11NO.C2H2/c1-10(8-11)7-9-5-3-2-4-6-9;1-2/h2-6,8H,7H2,1H3;1-2H. The van der Waals surface area contributed by atoms with Gasteiger partial charge in [0, 0.05) is 13.6 Å². The first kappa shape index (κ1) is 11.2. The topological polar surface area (TPSA) is 20.3 Å². The molecule has 0 N–H and O–H groups in total. The summed E-state index contributed by atoms with van der Waals surface area (Å²) >= 11 is 0. The molecule has 0 saturated heterocycles. The molecule has 0 aliphatic carbocycles. The van der Waals surface area contributed by atoms with Crippen LogP contribution in [0.15, 0.2) is 30.3 Å². The van der Waals surface area contributed by atoms with Crippen molar-refractivity contribution in [3.63, 3.8) is 0 Å². The van der Waals surface area contributed by atoms with Crippen molar-refractivity contribution >= 4 is 6.41 Å². The Balaban J connectivity index is 0.000000671. The van der Waals surface area contributed by atoms with Gasteiger partial charge < -0.3 is 4.90 Å². The van der Waals surface area contributed by atoms with Gasteiger partial charge in [0.15, 0.2) is 0 Å². The van der Waals surface area contributed by atoms with Crippen LogP contribution in [0.25, 0.3) is 0 Å². The van der Waals surface area contributed by atoms with E-state index >= 15 is 0 Å². The van der Waals surface area contributed by atoms with Crippen LogP contribution in [0.1, 0.15) is 5.56 Å². The molecule has 2 heteroatoms. The van der Waals surface area contributed by atoms with Crippen molar-refractivity contribution in [3.05, 3.63) is 35.9 Å². The van der Waals surface area contributed by atoms with Crippen molar-refractivity contribution in [2.45, 2.75) is 6.54 Å². The van der Waals surface area contributed by atoms with E-state index in [9.17, 15) is 4.79 Å². The van der Waals surface area contributed by atoms with Crippen molar-refractivity contribution in [2.24, 2.45) is 0 Å². The van der Waals surface area contributed by atoms with E-state index in [0.717, 1.165) is 12.0 Å². The van der Waals surface area contributed by atoms with Gasteiger partial charge in [0.1, 0.15) is 0 Å². The zero-order chi connectivity index (χ0) is 10.1. The molecule has 0 aliphatic rings. The van der Waals surface area contributed by atoms with Crippen LogP contribution in [0, 0.1) is 12.8 Å². The van der Waals surface area contributed by atoms with Crippen molar-refractivity contribution in [1.29, 1.82) is 0 Å². The van der Waals surface area contributed by atoms with Gasteiger partial charge in [-0.1, -0.05) is 30.3 Å². The second-order valence-corrected chi connectivity index (χ2v) is 2.51. The zero-order valence-corrected chi connectivity index (χ0v) is 7.68. The predicted molar refractivity (Wildman–Crippen MR) is 53.9 cm³/mol. The number of hydrogen-bond donors (Lipinski definition) is 0. The van der Waals surface area contributed by atoms with E-state index in [-0.39, 0.29) is 0 Å². The highest BCUT2D eigenvalue weighted by atomic mass is 16.1. The molecule has 0 fully saturated rings. The molecule has 0 radical (unpaired) electrons. The lowest BCUT2D eigenvalue weighted by Crippen LogP contribution is -2.14. The lowest BCUT2D eigenvalue weighted by molar-refractivity contribution is -0.117. The van der Waals surface area contributed by atoms with Crippen LogP contribution in [0.4, 0.5) is 0 Å². The van der Waals surface area contributed by atoms with Gasteiger partial charge >= 0.3 is 0 Å². The maximum atomic E-state index is 10.2. The zero-order valence-electron chi connectivity index (χ0n) is 7.68. The smallest absolute Gasteiger partial charge is 0.209 e. The first-order valence-electron chi connectivity index (χ1n) is 3.85. The normalized spacial score (nSPS) is 7.92. The third kappa shape index (κ3) is 4.65. The Hall–Kier alpha value is -1.75. The summed E-state index contributed by atoms with van der Waals surface area (Å²) in [6.07, 6.45) is 8.83. The second kappa shape index (κ2) is 6.93. The lowest BCUT2D eigenvalue weighted by atomic mass is 10.2. The van der Waals surface area contributed by atoms with Crippen molar-refractivity contribution in [1.82, 2.24) is 4.90 Å². The van der Waals surface area contributed by atoms with Gasteiger partial charge in [-0.2, -0.15) is 0 Å². The molecular weight excluding hydrogens is 162 g/mol. The quantitative estimate of drug-likeness (QED) is 0.504. The van der Waals surface area contributed by atoms with Crippen LogP contribution in [0.5, 0.6) is 0 Å². The van der Waals surface area contributed by atoms with E-state index in [1.165, 1.54) is 0 Å². The molecular formula is C11H13NO. The summed E-state index contributed by atoms with van der Waals surface area (Å²) in [5, 5.41) is 0. The van der Waals surface area contributed by atoms with Gasteiger partial charge in [-0.05, 0) is 5.56 Å². The maximum Gasteiger partial charge on any atom is 0.209 e. The minimum atomic E-state index is 0.685. The Morgan fingerprint density at radius 1 is 1.31 bits per heavy atom. The van der Waals surface area contributed by atoms with Gasteiger partial charge in [0.25, 0.3) is 0 Å². The van der Waals surface area contributed by atoms with E-state index < -0.39 is 0 Å². The third-order valence-electron chi connectivity index (χ3n) is 1.45. The summed E-state index contributed by atoms with van der Waals surface area (Å²) in [4.78, 5) is 11.8. The number of nitrogens with zero attached hydrogens (tertiary/aromatic N) is 1. The maximum absolute atomic E-state index is 10.2. The van der Waals surface area contributed by atoms with Gasteiger partial charge in [-0.25, -0.2) is 0 Å². The minimum absolute atomic E-state index is 0.685. The SMILES string of the molecule is C#C.CN(C=O)Cc1ccccc1. The molecule has 1 rings (SSSR count). The monoisotopic (exact) mass is 175 g/mol. The summed E-state index contributed by atoms with van der Waals surface area (Å²) in [5.41, 5.74) is 1.15. The highest BCUT2D eigenvalue weighted by molar-refractivity contribution is 5.46. The number of rotatable bonds is 3. The number of carbonyl (C=O) groups is 1. The van der Waals surface area contributed by atoms with E-state index in [1.807, 2.05) is 30.3 Å². The first-order chi connectivity index (χ1) is 6.33. The third-order valence-corrected chi connectivity index (χ3v) is 1.45. The molecule has 1 amide bonds. The van der Waals surface area contributed by atoms with Gasteiger partial charge in [0.2, 0.25) is 6.41 Å². The fourth-order valence-electron chi connectivity index (χ4n) is 0.909. The summed E-state index contributed by atoms with van der Waals surface area (Å²) in [6, 6.07) is 9.90. The Morgan fingerprint density at radius 2 is 1.85 bits per heavy atom. The minimum Gasteiger partial charge on any atom is -0.344 e. The summed E-state index contributed by atoms with van der Waals surface area (Å²) in [7, 11) is 1.76. The fraction of sp³-hybridized carbons (Fsp3) is 0.182. The molecule has 0 atom stereocenters. The van der Waals surface area contributed by atoms with Crippen LogP contribution < -0.4 is 0 Å². The van der Waals surface area contributed by atoms with E-state index in [1.54, 1.807) is 11.9 Å². The molecule has 0 aromatic heterocycles. The average Bonchev–Trinajstić information content (AvgIpc) is 2.22. The predicted octanol–water partition coefficient (Wildman–Crippen LogP) is 1.52. The van der Waals surface area contributed by atoms with Gasteiger partial charge in [-0.3, -0.25) is 4.79 Å². The largest absolute Gasteiger partial charge is 0.344 e. The fourth-order valence-corrected chi connectivity index (χ4v) is 0.909. The molecule has 0 unspecified atom stereocenters. The van der Waals surface area contributed by atoms with Crippen LogP contribution in [0.2, 0.25) is 0 Å². The van der Waals surface area contributed by atoms with Crippen LogP contribution in [0.3, 0.4) is 0 Å². The number of benzene rings is 1. The molecule has 1 aromatic rings. The van der Waals surface area contributed by atoms with Crippen LogP contribution in [-0.4, -0.2) is 18.4 Å². The number of amides is 1. The highest BCUT2D eigenvalue weighted by Crippen LogP contribution is 1.99. The Bertz CT molecular complexity index is 253. The second-order valence-electron chi connectivity index (χ2n) is 2.51. The molecule has 0 spiro atoms. The van der Waals surface area contributed by atoms with E-state index in [0.29, 0.717) is 6.54 Å². The van der Waals surface area contributed by atoms with Crippen molar-refractivity contribution in [2.75, 3.05) is 7.05 Å². The van der Waals surface area contributed by atoms with Crippen LogP contribution >= 0.6 is 0 Å². The number of carbonyl (C=O) groups excluding carboxylic acids is 1. The van der Waals surface area contributed by atoms with Crippen molar-refractivity contribution in [3.8, 4) is 12.8 Å². The lowest BCUT2D eigenvalue weighted by Gasteiger charge is -2.09. The Labute approximate surface area is 79.2 Å². The van der Waals surface area contributed by atoms with E-state index in [4.69, 9.17) is 0 Å². The summed E-state index contributed by atoms with van der Waals surface area (Å²) in [6.45, 7) is 0.685. The molecule has 13 heavy (non-hydrogen) atoms. The van der Waals surface area contributed by atoms with E-state index in [2.05, 4.69) is 12.8 Å². The number of hydrogen-bond acceptors (Lipinski definition) is 1. The molecule has 0 saturated carbocycles. The summed E-state index contributed by atoms with van der Waals surface area (Å²) in [5.74, 6) is 0. The molecule has 1 aromatic carbocycles. The summed E-state index contributed by atoms with van der Waals surface area (Å²) < 4.78 is 0. The number of terminal acetylenes is 1. The molecule has 0 bridgehead atoms. The highest BCUT2D eigenvalue weighted by Gasteiger charge is 1.93. The Kier molecular flexibility index (Phi) is 6.00. The van der Waals surface area contributed by atoms with Gasteiger partial charge in [0.05, 0.1) is 0 Å². The van der Waals surface area contributed by atoms with Gasteiger partial charge in [-0.15, -0.1) is 12.8 Å². The average molecular weight is 175 g/mol. The van der Waals surface area contributed by atoms with Crippen LogP contribution in [-0.2, 0) is 11.3 Å². The first-order valence-corrected chi connectivity index (χ1v) is 3.85. The molecule has 2 nitrogen and oxygen atoms in total. The molecule has 0 aliphatic heterocycles. The molecule has 68 valence electrons.